The molecule has 1 amide bonds. The molecule has 1 fully saturated rings. The van der Waals surface area contributed by atoms with Crippen molar-refractivity contribution in [2.45, 2.75) is 19.8 Å². The summed E-state index contributed by atoms with van der Waals surface area (Å²) in [5.74, 6) is 0.599. The maximum Gasteiger partial charge on any atom is 0.255 e. The van der Waals surface area contributed by atoms with Gasteiger partial charge in [0.05, 0.1) is 11.9 Å². The third-order valence-corrected chi connectivity index (χ3v) is 4.95. The van der Waals surface area contributed by atoms with Gasteiger partial charge in [0.2, 0.25) is 0 Å². The number of hydrogen-bond acceptors (Lipinski definition) is 4. The van der Waals surface area contributed by atoms with Gasteiger partial charge in [0.1, 0.15) is 5.82 Å². The van der Waals surface area contributed by atoms with Crippen molar-refractivity contribution in [2.24, 2.45) is 0 Å². The number of benzene rings is 2. The van der Waals surface area contributed by atoms with Crippen molar-refractivity contribution in [1.82, 2.24) is 4.98 Å². The lowest BCUT2D eigenvalue weighted by Gasteiger charge is -2.17. The van der Waals surface area contributed by atoms with E-state index >= 15 is 0 Å². The number of anilines is 4. The zero-order valence-corrected chi connectivity index (χ0v) is 16.0. The van der Waals surface area contributed by atoms with Crippen LogP contribution in [0.25, 0.3) is 0 Å². The highest BCUT2D eigenvalue weighted by Gasteiger charge is 2.12. The van der Waals surface area contributed by atoms with Crippen LogP contribution >= 0.6 is 0 Å². The van der Waals surface area contributed by atoms with Gasteiger partial charge >= 0.3 is 0 Å². The number of amides is 1. The van der Waals surface area contributed by atoms with Crippen molar-refractivity contribution in [3.63, 3.8) is 0 Å². The van der Waals surface area contributed by atoms with E-state index in [9.17, 15) is 4.79 Å². The molecule has 5 nitrogen and oxygen atoms in total. The fourth-order valence-corrected chi connectivity index (χ4v) is 3.33. The summed E-state index contributed by atoms with van der Waals surface area (Å²) in [6, 6.07) is 19.6. The van der Waals surface area contributed by atoms with Gasteiger partial charge < -0.3 is 15.5 Å². The third-order valence-electron chi connectivity index (χ3n) is 4.95. The quantitative estimate of drug-likeness (QED) is 0.663. The summed E-state index contributed by atoms with van der Waals surface area (Å²) in [5, 5.41) is 6.17. The summed E-state index contributed by atoms with van der Waals surface area (Å²) in [6.45, 7) is 4.28. The predicted molar refractivity (Wildman–Crippen MR) is 115 cm³/mol. The Labute approximate surface area is 165 Å². The summed E-state index contributed by atoms with van der Waals surface area (Å²) in [5.41, 5.74) is 4.69. The number of hydrogen-bond donors (Lipinski definition) is 2. The fourth-order valence-electron chi connectivity index (χ4n) is 3.33. The lowest BCUT2D eigenvalue weighted by Crippen LogP contribution is -2.17. The van der Waals surface area contributed by atoms with Crippen molar-refractivity contribution in [1.29, 1.82) is 0 Å². The molecular weight excluding hydrogens is 348 g/mol. The van der Waals surface area contributed by atoms with E-state index in [1.807, 2.05) is 43.3 Å². The number of aryl methyl sites for hydroxylation is 1. The van der Waals surface area contributed by atoms with Crippen LogP contribution in [0.1, 0.15) is 28.8 Å². The number of aromatic nitrogens is 1. The van der Waals surface area contributed by atoms with Crippen LogP contribution in [-0.2, 0) is 0 Å². The number of rotatable bonds is 5. The Morgan fingerprint density at radius 1 is 0.893 bits per heavy atom. The lowest BCUT2D eigenvalue weighted by atomic mass is 10.1. The number of nitrogens with one attached hydrogen (secondary N) is 2. The van der Waals surface area contributed by atoms with Crippen LogP contribution in [0, 0.1) is 6.92 Å². The van der Waals surface area contributed by atoms with Gasteiger partial charge in [0.15, 0.2) is 0 Å². The summed E-state index contributed by atoms with van der Waals surface area (Å²) >= 11 is 0. The van der Waals surface area contributed by atoms with Gasteiger partial charge in [-0.3, -0.25) is 4.79 Å². The minimum atomic E-state index is -0.139. The van der Waals surface area contributed by atoms with E-state index in [1.54, 1.807) is 6.20 Å². The molecule has 2 heterocycles. The van der Waals surface area contributed by atoms with E-state index in [4.69, 9.17) is 0 Å². The van der Waals surface area contributed by atoms with Crippen molar-refractivity contribution in [3.8, 4) is 0 Å². The maximum absolute atomic E-state index is 12.3. The molecule has 2 aromatic carbocycles. The van der Waals surface area contributed by atoms with Crippen LogP contribution in [0.2, 0.25) is 0 Å². The van der Waals surface area contributed by atoms with Crippen molar-refractivity contribution in [3.05, 3.63) is 78.0 Å². The minimum absolute atomic E-state index is 0.139. The van der Waals surface area contributed by atoms with E-state index in [0.29, 0.717) is 11.3 Å². The largest absolute Gasteiger partial charge is 0.372 e. The molecule has 0 atom stereocenters. The molecule has 1 aliphatic rings. The molecule has 0 radical (unpaired) electrons. The van der Waals surface area contributed by atoms with Crippen LogP contribution < -0.4 is 15.5 Å². The Kier molecular flexibility index (Phi) is 5.24. The summed E-state index contributed by atoms with van der Waals surface area (Å²) in [7, 11) is 0. The van der Waals surface area contributed by atoms with Gasteiger partial charge in [-0.1, -0.05) is 17.7 Å². The van der Waals surface area contributed by atoms with E-state index in [0.717, 1.165) is 30.2 Å². The molecular formula is C23H24N4O. The first-order valence-corrected chi connectivity index (χ1v) is 9.63. The molecule has 1 saturated heterocycles. The second-order valence-electron chi connectivity index (χ2n) is 7.12. The highest BCUT2D eigenvalue weighted by Crippen LogP contribution is 2.23. The molecule has 2 N–H and O–H groups in total. The normalized spacial score (nSPS) is 13.4. The van der Waals surface area contributed by atoms with E-state index in [1.165, 1.54) is 18.5 Å². The molecule has 5 heteroatoms. The zero-order chi connectivity index (χ0) is 19.3. The SMILES string of the molecule is Cc1ccc(C(=O)Nc2ccc(Nc3ccc(N4CCCC4)cc3)nc2)cc1. The summed E-state index contributed by atoms with van der Waals surface area (Å²) in [4.78, 5) is 19.1. The lowest BCUT2D eigenvalue weighted by molar-refractivity contribution is 0.102. The molecule has 0 unspecified atom stereocenters. The Morgan fingerprint density at radius 2 is 1.57 bits per heavy atom. The van der Waals surface area contributed by atoms with Crippen LogP contribution in [0.5, 0.6) is 0 Å². The number of carbonyl (C=O) groups is 1. The van der Waals surface area contributed by atoms with Crippen molar-refractivity contribution >= 4 is 28.8 Å². The van der Waals surface area contributed by atoms with Gasteiger partial charge in [-0.05, 0) is 68.3 Å². The molecule has 0 spiro atoms. The van der Waals surface area contributed by atoms with Gasteiger partial charge in [-0.25, -0.2) is 4.98 Å². The van der Waals surface area contributed by atoms with E-state index < -0.39 is 0 Å². The molecule has 1 aromatic heterocycles. The van der Waals surface area contributed by atoms with Crippen LogP contribution in [-0.4, -0.2) is 24.0 Å². The highest BCUT2D eigenvalue weighted by atomic mass is 16.1. The van der Waals surface area contributed by atoms with Gasteiger partial charge in [-0.2, -0.15) is 0 Å². The molecule has 28 heavy (non-hydrogen) atoms. The standard InChI is InChI=1S/C23H24N4O/c1-17-4-6-18(7-5-17)23(28)26-20-10-13-22(24-16-20)25-19-8-11-21(12-9-19)27-14-2-3-15-27/h4-13,16H,2-3,14-15H2,1H3,(H,24,25)(H,26,28). The first-order chi connectivity index (χ1) is 13.7. The smallest absolute Gasteiger partial charge is 0.255 e. The number of nitrogens with zero attached hydrogens (tertiary/aromatic N) is 2. The summed E-state index contributed by atoms with van der Waals surface area (Å²) < 4.78 is 0. The molecule has 0 aliphatic carbocycles. The number of pyridine rings is 1. The minimum Gasteiger partial charge on any atom is -0.372 e. The van der Waals surface area contributed by atoms with Crippen molar-refractivity contribution in [2.75, 3.05) is 28.6 Å². The maximum atomic E-state index is 12.3. The first kappa shape index (κ1) is 18.0. The Balaban J connectivity index is 1.36. The van der Waals surface area contributed by atoms with Gasteiger partial charge in [0, 0.05) is 30.0 Å². The Morgan fingerprint density at radius 3 is 2.21 bits per heavy atom. The Bertz CT molecular complexity index is 928. The average Bonchev–Trinajstić information content (AvgIpc) is 3.25. The van der Waals surface area contributed by atoms with Gasteiger partial charge in [0.25, 0.3) is 5.91 Å². The fraction of sp³-hybridized carbons (Fsp3) is 0.217. The second kappa shape index (κ2) is 8.13. The second-order valence-corrected chi connectivity index (χ2v) is 7.12. The molecule has 142 valence electrons. The van der Waals surface area contributed by atoms with Crippen LogP contribution in [0.15, 0.2) is 66.9 Å². The third kappa shape index (κ3) is 4.31. The molecule has 4 rings (SSSR count). The topological polar surface area (TPSA) is 57.3 Å². The van der Waals surface area contributed by atoms with Gasteiger partial charge in [-0.15, -0.1) is 0 Å². The monoisotopic (exact) mass is 372 g/mol. The van der Waals surface area contributed by atoms with E-state index in [2.05, 4.69) is 44.8 Å². The Hall–Kier alpha value is -3.34. The highest BCUT2D eigenvalue weighted by molar-refractivity contribution is 6.04. The molecule has 3 aromatic rings. The summed E-state index contributed by atoms with van der Waals surface area (Å²) in [6.07, 6.45) is 4.21. The number of carbonyl (C=O) groups excluding carboxylic acids is 1. The van der Waals surface area contributed by atoms with Crippen molar-refractivity contribution < 1.29 is 4.79 Å². The van der Waals surface area contributed by atoms with E-state index in [-0.39, 0.29) is 5.91 Å². The molecule has 0 bridgehead atoms. The average molecular weight is 372 g/mol. The zero-order valence-electron chi connectivity index (χ0n) is 16.0. The molecule has 1 aliphatic heterocycles. The molecule has 0 saturated carbocycles. The van der Waals surface area contributed by atoms with Crippen LogP contribution in [0.4, 0.5) is 22.9 Å². The first-order valence-electron chi connectivity index (χ1n) is 9.63. The predicted octanol–water partition coefficient (Wildman–Crippen LogP) is 4.99. The van der Waals surface area contributed by atoms with Crippen LogP contribution in [0.3, 0.4) is 0 Å².